The lowest BCUT2D eigenvalue weighted by Gasteiger charge is -2.14. The predicted octanol–water partition coefficient (Wildman–Crippen LogP) is 1.67. The highest BCUT2D eigenvalue weighted by molar-refractivity contribution is 5.87. The van der Waals surface area contributed by atoms with Crippen molar-refractivity contribution in [2.45, 2.75) is 33.4 Å². The van der Waals surface area contributed by atoms with Crippen LogP contribution in [0.4, 0.5) is 0 Å². The molecule has 1 atom stereocenters. The van der Waals surface area contributed by atoms with Gasteiger partial charge in [-0.15, -0.1) is 0 Å². The van der Waals surface area contributed by atoms with E-state index in [-0.39, 0.29) is 24.2 Å². The normalized spacial score (nSPS) is 12.1. The molecule has 2 rings (SSSR count). The van der Waals surface area contributed by atoms with Crippen molar-refractivity contribution in [2.75, 3.05) is 0 Å². The molecule has 1 amide bonds. The van der Waals surface area contributed by atoms with Crippen molar-refractivity contribution in [3.63, 3.8) is 0 Å². The van der Waals surface area contributed by atoms with Crippen LogP contribution in [0.5, 0.6) is 0 Å². The maximum absolute atomic E-state index is 12.0. The maximum atomic E-state index is 12.0. The summed E-state index contributed by atoms with van der Waals surface area (Å²) in [6, 6.07) is 2.79. The van der Waals surface area contributed by atoms with Gasteiger partial charge in [-0.2, -0.15) is 0 Å². The molecule has 2 N–H and O–H groups in total. The van der Waals surface area contributed by atoms with Crippen LogP contribution in [-0.4, -0.2) is 26.7 Å². The second-order valence-electron chi connectivity index (χ2n) is 4.85. The lowest BCUT2D eigenvalue weighted by Crippen LogP contribution is -2.31. The Morgan fingerprint density at radius 1 is 1.48 bits per heavy atom. The molecular formula is C14H17N3O4. The van der Waals surface area contributed by atoms with Crippen LogP contribution < -0.4 is 5.32 Å². The van der Waals surface area contributed by atoms with Crippen molar-refractivity contribution in [3.8, 4) is 0 Å². The van der Waals surface area contributed by atoms with Crippen LogP contribution in [0.25, 0.3) is 0 Å². The Hall–Kier alpha value is -2.57. The molecular weight excluding hydrogens is 274 g/mol. The molecule has 0 spiro atoms. The molecule has 7 heteroatoms. The molecule has 2 aromatic heterocycles. The molecule has 0 aliphatic rings. The highest BCUT2D eigenvalue weighted by Gasteiger charge is 2.19. The molecule has 0 bridgehead atoms. The standard InChI is InChI=1S/C14H17N3O4/c1-8(13-9(2)16-21-10(13)3)15-12(18)7-17-6-4-5-11(17)14(19)20/h4-6,8H,7H2,1-3H3,(H,15,18)(H,19,20). The quantitative estimate of drug-likeness (QED) is 0.873. The molecule has 0 saturated heterocycles. The molecule has 0 aliphatic carbocycles. The Morgan fingerprint density at radius 3 is 2.76 bits per heavy atom. The summed E-state index contributed by atoms with van der Waals surface area (Å²) in [5, 5.41) is 15.7. The lowest BCUT2D eigenvalue weighted by atomic mass is 10.1. The monoisotopic (exact) mass is 291 g/mol. The van der Waals surface area contributed by atoms with Crippen LogP contribution in [0.15, 0.2) is 22.9 Å². The van der Waals surface area contributed by atoms with Gasteiger partial charge in [0.15, 0.2) is 0 Å². The molecule has 0 fully saturated rings. The van der Waals surface area contributed by atoms with Crippen LogP contribution in [0.1, 0.15) is 40.5 Å². The second-order valence-corrected chi connectivity index (χ2v) is 4.85. The number of carbonyl (C=O) groups is 2. The van der Waals surface area contributed by atoms with Gasteiger partial charge in [0.2, 0.25) is 5.91 Å². The molecule has 21 heavy (non-hydrogen) atoms. The van der Waals surface area contributed by atoms with E-state index in [9.17, 15) is 9.59 Å². The van der Waals surface area contributed by atoms with E-state index >= 15 is 0 Å². The van der Waals surface area contributed by atoms with E-state index in [2.05, 4.69) is 10.5 Å². The van der Waals surface area contributed by atoms with E-state index in [4.69, 9.17) is 9.63 Å². The minimum absolute atomic E-state index is 0.0532. The van der Waals surface area contributed by atoms with Gasteiger partial charge in [0.1, 0.15) is 18.0 Å². The fourth-order valence-electron chi connectivity index (χ4n) is 2.37. The molecule has 0 aromatic carbocycles. The number of carbonyl (C=O) groups excluding carboxylic acids is 1. The highest BCUT2D eigenvalue weighted by Crippen LogP contribution is 2.20. The Labute approximate surface area is 121 Å². The van der Waals surface area contributed by atoms with Crippen LogP contribution in [0.2, 0.25) is 0 Å². The summed E-state index contributed by atoms with van der Waals surface area (Å²) < 4.78 is 6.46. The number of amides is 1. The molecule has 1 unspecified atom stereocenters. The van der Waals surface area contributed by atoms with Crippen molar-refractivity contribution in [2.24, 2.45) is 0 Å². The number of nitrogens with zero attached hydrogens (tertiary/aromatic N) is 2. The zero-order valence-electron chi connectivity index (χ0n) is 12.1. The maximum Gasteiger partial charge on any atom is 0.352 e. The number of aryl methyl sites for hydroxylation is 2. The lowest BCUT2D eigenvalue weighted by molar-refractivity contribution is -0.122. The first-order valence-electron chi connectivity index (χ1n) is 6.50. The van der Waals surface area contributed by atoms with Gasteiger partial charge in [-0.25, -0.2) is 4.79 Å². The van der Waals surface area contributed by atoms with Crippen LogP contribution in [0, 0.1) is 13.8 Å². The third kappa shape index (κ3) is 3.13. The number of hydrogen-bond donors (Lipinski definition) is 2. The number of carboxylic acids is 1. The summed E-state index contributed by atoms with van der Waals surface area (Å²) in [6.07, 6.45) is 1.56. The van der Waals surface area contributed by atoms with Crippen LogP contribution in [-0.2, 0) is 11.3 Å². The zero-order chi connectivity index (χ0) is 15.6. The van der Waals surface area contributed by atoms with Gasteiger partial charge >= 0.3 is 5.97 Å². The molecule has 0 saturated carbocycles. The van der Waals surface area contributed by atoms with Crippen LogP contribution in [0.3, 0.4) is 0 Å². The predicted molar refractivity (Wildman–Crippen MR) is 73.9 cm³/mol. The minimum atomic E-state index is -1.06. The highest BCUT2D eigenvalue weighted by atomic mass is 16.5. The summed E-state index contributed by atoms with van der Waals surface area (Å²) in [6.45, 7) is 5.37. The van der Waals surface area contributed by atoms with Gasteiger partial charge in [0.05, 0.1) is 11.7 Å². The van der Waals surface area contributed by atoms with E-state index in [1.807, 2.05) is 13.8 Å². The molecule has 2 aromatic rings. The van der Waals surface area contributed by atoms with Gasteiger partial charge in [0.25, 0.3) is 0 Å². The van der Waals surface area contributed by atoms with Crippen molar-refractivity contribution in [1.82, 2.24) is 15.0 Å². The Balaban J connectivity index is 2.05. The Bertz CT molecular complexity index is 652. The van der Waals surface area contributed by atoms with E-state index in [0.29, 0.717) is 5.76 Å². The van der Waals surface area contributed by atoms with Crippen molar-refractivity contribution in [3.05, 3.63) is 41.0 Å². The summed E-state index contributed by atoms with van der Waals surface area (Å²) in [5.41, 5.74) is 1.65. The fraction of sp³-hybridized carbons (Fsp3) is 0.357. The number of hydrogen-bond acceptors (Lipinski definition) is 4. The summed E-state index contributed by atoms with van der Waals surface area (Å²) in [5.74, 6) is -0.680. The second kappa shape index (κ2) is 5.82. The van der Waals surface area contributed by atoms with Gasteiger partial charge in [0, 0.05) is 11.8 Å². The van der Waals surface area contributed by atoms with E-state index in [1.165, 1.54) is 10.6 Å². The molecule has 0 aliphatic heterocycles. The Morgan fingerprint density at radius 2 is 2.19 bits per heavy atom. The van der Waals surface area contributed by atoms with E-state index in [0.717, 1.165) is 11.3 Å². The SMILES string of the molecule is Cc1noc(C)c1C(C)NC(=O)Cn1cccc1C(=O)O. The van der Waals surface area contributed by atoms with Crippen molar-refractivity contribution in [1.29, 1.82) is 0 Å². The average molecular weight is 291 g/mol. The summed E-state index contributed by atoms with van der Waals surface area (Å²) >= 11 is 0. The number of nitrogens with one attached hydrogen (secondary N) is 1. The largest absolute Gasteiger partial charge is 0.477 e. The fourth-order valence-corrected chi connectivity index (χ4v) is 2.37. The first kappa shape index (κ1) is 14.8. The number of carboxylic acid groups (broad SMARTS) is 1. The van der Waals surface area contributed by atoms with Crippen molar-refractivity contribution >= 4 is 11.9 Å². The first-order chi connectivity index (χ1) is 9.90. The molecule has 0 radical (unpaired) electrons. The Kier molecular flexibility index (Phi) is 4.11. The van der Waals surface area contributed by atoms with Gasteiger partial charge in [-0.05, 0) is 32.9 Å². The summed E-state index contributed by atoms with van der Waals surface area (Å²) in [4.78, 5) is 23.0. The number of rotatable bonds is 5. The topological polar surface area (TPSA) is 97.4 Å². The number of aromatic nitrogens is 2. The van der Waals surface area contributed by atoms with E-state index in [1.54, 1.807) is 19.2 Å². The molecule has 2 heterocycles. The molecule has 112 valence electrons. The van der Waals surface area contributed by atoms with Crippen molar-refractivity contribution < 1.29 is 19.2 Å². The van der Waals surface area contributed by atoms with E-state index < -0.39 is 5.97 Å². The van der Waals surface area contributed by atoms with Gasteiger partial charge in [-0.3, -0.25) is 4.79 Å². The van der Waals surface area contributed by atoms with Gasteiger partial charge < -0.3 is 19.5 Å². The first-order valence-corrected chi connectivity index (χ1v) is 6.50. The number of aromatic carboxylic acids is 1. The summed E-state index contributed by atoms with van der Waals surface area (Å²) in [7, 11) is 0. The molecule has 7 nitrogen and oxygen atoms in total. The smallest absolute Gasteiger partial charge is 0.352 e. The third-order valence-electron chi connectivity index (χ3n) is 3.26. The van der Waals surface area contributed by atoms with Gasteiger partial charge in [-0.1, -0.05) is 5.16 Å². The average Bonchev–Trinajstić information content (AvgIpc) is 2.96. The van der Waals surface area contributed by atoms with Crippen LogP contribution >= 0.6 is 0 Å². The minimum Gasteiger partial charge on any atom is -0.477 e. The zero-order valence-corrected chi connectivity index (χ0v) is 12.1. The third-order valence-corrected chi connectivity index (χ3v) is 3.26.